The minimum absolute atomic E-state index is 0.156. The second-order valence-electron chi connectivity index (χ2n) is 5.82. The standard InChI is InChI=1S/C15H22N2O2/c1-2-12-6-8-15(16,9-7-12)11-13-4-3-5-14(10-13)17(18)19/h3-5,10,12H,2,6-9,11,16H2,1H3. The molecule has 1 aliphatic rings. The summed E-state index contributed by atoms with van der Waals surface area (Å²) >= 11 is 0. The van der Waals surface area contributed by atoms with Crippen LogP contribution in [0.2, 0.25) is 0 Å². The van der Waals surface area contributed by atoms with E-state index in [1.165, 1.54) is 25.3 Å². The van der Waals surface area contributed by atoms with Crippen LogP contribution in [0, 0.1) is 16.0 Å². The molecule has 2 rings (SSSR count). The van der Waals surface area contributed by atoms with Crippen molar-refractivity contribution >= 4 is 5.69 Å². The lowest BCUT2D eigenvalue weighted by Gasteiger charge is -2.37. The Morgan fingerprint density at radius 1 is 1.42 bits per heavy atom. The first-order chi connectivity index (χ1) is 9.02. The van der Waals surface area contributed by atoms with Gasteiger partial charge in [0.2, 0.25) is 0 Å². The molecule has 104 valence electrons. The fourth-order valence-corrected chi connectivity index (χ4v) is 3.02. The van der Waals surface area contributed by atoms with Gasteiger partial charge >= 0.3 is 0 Å². The Morgan fingerprint density at radius 2 is 2.11 bits per heavy atom. The van der Waals surface area contributed by atoms with Gasteiger partial charge in [0.25, 0.3) is 5.69 Å². The van der Waals surface area contributed by atoms with Gasteiger partial charge in [-0.2, -0.15) is 0 Å². The molecule has 0 aromatic heterocycles. The van der Waals surface area contributed by atoms with Crippen LogP contribution in [0.1, 0.15) is 44.6 Å². The molecule has 4 heteroatoms. The molecule has 0 saturated heterocycles. The molecule has 0 spiro atoms. The summed E-state index contributed by atoms with van der Waals surface area (Å²) in [6.07, 6.45) is 6.38. The van der Waals surface area contributed by atoms with Gasteiger partial charge in [-0.15, -0.1) is 0 Å². The fourth-order valence-electron chi connectivity index (χ4n) is 3.02. The highest BCUT2D eigenvalue weighted by Crippen LogP contribution is 2.34. The molecule has 0 radical (unpaired) electrons. The van der Waals surface area contributed by atoms with E-state index in [2.05, 4.69) is 6.92 Å². The average Bonchev–Trinajstić information content (AvgIpc) is 2.39. The van der Waals surface area contributed by atoms with Crippen LogP contribution in [0.4, 0.5) is 5.69 Å². The highest BCUT2D eigenvalue weighted by molar-refractivity contribution is 5.35. The molecule has 1 saturated carbocycles. The van der Waals surface area contributed by atoms with Gasteiger partial charge < -0.3 is 5.73 Å². The summed E-state index contributed by atoms with van der Waals surface area (Å²) in [6.45, 7) is 2.23. The molecule has 1 aliphatic carbocycles. The SMILES string of the molecule is CCC1CCC(N)(Cc2cccc([N+](=O)[O-])c2)CC1. The molecular weight excluding hydrogens is 240 g/mol. The van der Waals surface area contributed by atoms with Gasteiger partial charge in [0.05, 0.1) is 4.92 Å². The predicted octanol–water partition coefficient (Wildman–Crippen LogP) is 3.44. The molecule has 19 heavy (non-hydrogen) atoms. The minimum atomic E-state index is -0.347. The molecule has 4 nitrogen and oxygen atoms in total. The van der Waals surface area contributed by atoms with Crippen LogP contribution in [-0.4, -0.2) is 10.5 Å². The Labute approximate surface area is 114 Å². The molecule has 2 N–H and O–H groups in total. The first-order valence-electron chi connectivity index (χ1n) is 7.04. The van der Waals surface area contributed by atoms with E-state index in [1.54, 1.807) is 12.1 Å². The quantitative estimate of drug-likeness (QED) is 0.667. The molecule has 0 atom stereocenters. The highest BCUT2D eigenvalue weighted by atomic mass is 16.6. The van der Waals surface area contributed by atoms with Crippen LogP contribution < -0.4 is 5.73 Å². The van der Waals surface area contributed by atoms with Crippen LogP contribution in [-0.2, 0) is 6.42 Å². The number of hydrogen-bond acceptors (Lipinski definition) is 3. The third-order valence-corrected chi connectivity index (χ3v) is 4.36. The van der Waals surface area contributed by atoms with E-state index in [9.17, 15) is 10.1 Å². The van der Waals surface area contributed by atoms with Crippen molar-refractivity contribution in [2.24, 2.45) is 11.7 Å². The van der Waals surface area contributed by atoms with Gasteiger partial charge in [-0.25, -0.2) is 0 Å². The number of hydrogen-bond donors (Lipinski definition) is 1. The Morgan fingerprint density at radius 3 is 2.68 bits per heavy atom. The smallest absolute Gasteiger partial charge is 0.269 e. The zero-order valence-electron chi connectivity index (χ0n) is 11.5. The molecule has 0 aliphatic heterocycles. The monoisotopic (exact) mass is 262 g/mol. The van der Waals surface area contributed by atoms with Crippen molar-refractivity contribution in [3.05, 3.63) is 39.9 Å². The second kappa shape index (κ2) is 5.70. The molecule has 0 heterocycles. The van der Waals surface area contributed by atoms with Crippen LogP contribution in [0.25, 0.3) is 0 Å². The maximum Gasteiger partial charge on any atom is 0.269 e. The van der Waals surface area contributed by atoms with Crippen LogP contribution in [0.5, 0.6) is 0 Å². The largest absolute Gasteiger partial charge is 0.325 e. The number of nitrogens with two attached hydrogens (primary N) is 1. The van der Waals surface area contributed by atoms with Gasteiger partial charge in [-0.3, -0.25) is 10.1 Å². The van der Waals surface area contributed by atoms with Crippen LogP contribution in [0.15, 0.2) is 24.3 Å². The number of rotatable bonds is 4. The molecule has 0 bridgehead atoms. The van der Waals surface area contributed by atoms with E-state index in [1.807, 2.05) is 6.07 Å². The summed E-state index contributed by atoms with van der Waals surface area (Å²) in [4.78, 5) is 10.4. The summed E-state index contributed by atoms with van der Waals surface area (Å²) in [7, 11) is 0. The Balaban J connectivity index is 2.04. The van der Waals surface area contributed by atoms with Crippen molar-refractivity contribution in [3.63, 3.8) is 0 Å². The second-order valence-corrected chi connectivity index (χ2v) is 5.82. The maximum atomic E-state index is 10.8. The Hall–Kier alpha value is -1.42. The first-order valence-corrected chi connectivity index (χ1v) is 7.04. The molecule has 1 aromatic rings. The van der Waals surface area contributed by atoms with Crippen LogP contribution >= 0.6 is 0 Å². The lowest BCUT2D eigenvalue weighted by atomic mass is 9.73. The average molecular weight is 262 g/mol. The topological polar surface area (TPSA) is 69.2 Å². The number of benzene rings is 1. The van der Waals surface area contributed by atoms with Gasteiger partial charge in [0.15, 0.2) is 0 Å². The number of non-ortho nitro benzene ring substituents is 1. The van der Waals surface area contributed by atoms with Gasteiger partial charge in [0, 0.05) is 17.7 Å². The van der Waals surface area contributed by atoms with E-state index in [0.717, 1.165) is 30.7 Å². The number of nitro benzene ring substituents is 1. The van der Waals surface area contributed by atoms with Crippen molar-refractivity contribution in [3.8, 4) is 0 Å². The number of nitro groups is 1. The van der Waals surface area contributed by atoms with Gasteiger partial charge in [-0.1, -0.05) is 25.5 Å². The highest BCUT2D eigenvalue weighted by Gasteiger charge is 2.31. The lowest BCUT2D eigenvalue weighted by molar-refractivity contribution is -0.384. The summed E-state index contributed by atoms with van der Waals surface area (Å²) in [5.41, 5.74) is 7.42. The van der Waals surface area contributed by atoms with E-state index in [-0.39, 0.29) is 16.1 Å². The summed E-state index contributed by atoms with van der Waals surface area (Å²) < 4.78 is 0. The third-order valence-electron chi connectivity index (χ3n) is 4.36. The molecule has 1 aromatic carbocycles. The Bertz CT molecular complexity index is 451. The van der Waals surface area contributed by atoms with E-state index in [4.69, 9.17) is 5.73 Å². The molecule has 0 unspecified atom stereocenters. The lowest BCUT2D eigenvalue weighted by Crippen LogP contribution is -2.45. The number of nitrogens with zero attached hydrogens (tertiary/aromatic N) is 1. The van der Waals surface area contributed by atoms with E-state index < -0.39 is 0 Å². The zero-order valence-corrected chi connectivity index (χ0v) is 11.5. The van der Waals surface area contributed by atoms with Crippen LogP contribution in [0.3, 0.4) is 0 Å². The minimum Gasteiger partial charge on any atom is -0.325 e. The molecule has 1 fully saturated rings. The van der Waals surface area contributed by atoms with E-state index in [0.29, 0.717) is 0 Å². The van der Waals surface area contributed by atoms with Crippen molar-refractivity contribution in [1.29, 1.82) is 0 Å². The fraction of sp³-hybridized carbons (Fsp3) is 0.600. The van der Waals surface area contributed by atoms with Crippen molar-refractivity contribution in [2.45, 2.75) is 51.0 Å². The maximum absolute atomic E-state index is 10.8. The molecule has 0 amide bonds. The molecular formula is C15H22N2O2. The predicted molar refractivity (Wildman–Crippen MR) is 76.0 cm³/mol. The zero-order chi connectivity index (χ0) is 13.9. The van der Waals surface area contributed by atoms with Crippen molar-refractivity contribution < 1.29 is 4.92 Å². The van der Waals surface area contributed by atoms with Crippen molar-refractivity contribution in [2.75, 3.05) is 0 Å². The normalized spacial score (nSPS) is 27.2. The third kappa shape index (κ3) is 3.53. The summed E-state index contributed by atoms with van der Waals surface area (Å²) in [6, 6.07) is 6.86. The van der Waals surface area contributed by atoms with Gasteiger partial charge in [-0.05, 0) is 43.6 Å². The van der Waals surface area contributed by atoms with Crippen molar-refractivity contribution in [1.82, 2.24) is 0 Å². The first kappa shape index (κ1) is 14.0. The van der Waals surface area contributed by atoms with E-state index >= 15 is 0 Å². The summed E-state index contributed by atoms with van der Waals surface area (Å²) in [5.74, 6) is 0.807. The Kier molecular flexibility index (Phi) is 4.20. The summed E-state index contributed by atoms with van der Waals surface area (Å²) in [5, 5.41) is 10.8. The van der Waals surface area contributed by atoms with Gasteiger partial charge in [0.1, 0.15) is 0 Å².